The molecule has 0 unspecified atom stereocenters. The van der Waals surface area contributed by atoms with E-state index in [2.05, 4.69) is 5.32 Å². The van der Waals surface area contributed by atoms with Gasteiger partial charge in [-0.1, -0.05) is 0 Å². The molecule has 1 aromatic rings. The van der Waals surface area contributed by atoms with Crippen molar-refractivity contribution in [2.75, 3.05) is 0 Å². The van der Waals surface area contributed by atoms with Crippen LogP contribution in [0.4, 0.5) is 0 Å². The Bertz CT molecular complexity index is 590. The van der Waals surface area contributed by atoms with E-state index in [-0.39, 0.29) is 6.42 Å². The van der Waals surface area contributed by atoms with E-state index in [9.17, 15) is 14.4 Å². The lowest BCUT2D eigenvalue weighted by Gasteiger charge is -2.14. The first-order chi connectivity index (χ1) is 10.4. The number of benzene rings is 1. The molecule has 0 aromatic heterocycles. The summed E-state index contributed by atoms with van der Waals surface area (Å²) in [7, 11) is 0. The molecule has 1 atom stereocenters. The van der Waals surface area contributed by atoms with E-state index in [1.165, 1.54) is 31.2 Å². The van der Waals surface area contributed by atoms with Crippen molar-refractivity contribution in [3.63, 3.8) is 0 Å². The Hall–Kier alpha value is -2.88. The number of amides is 2. The lowest BCUT2D eigenvalue weighted by Crippen LogP contribution is -2.44. The molecule has 1 aromatic carbocycles. The third-order valence-electron chi connectivity index (χ3n) is 2.81. The second-order valence-electron chi connectivity index (χ2n) is 4.60. The van der Waals surface area contributed by atoms with Crippen LogP contribution in [0.2, 0.25) is 0 Å². The Kier molecular flexibility index (Phi) is 6.57. The molecule has 0 aliphatic rings. The number of rotatable bonds is 7. The Morgan fingerprint density at radius 1 is 1.32 bits per heavy atom. The van der Waals surface area contributed by atoms with Gasteiger partial charge in [-0.05, 0) is 37.1 Å². The van der Waals surface area contributed by atoms with Crippen LogP contribution in [0.5, 0.6) is 5.75 Å². The summed E-state index contributed by atoms with van der Waals surface area (Å²) in [6, 6.07) is 7.04. The maximum atomic E-state index is 12.0. The summed E-state index contributed by atoms with van der Waals surface area (Å²) in [6.07, 6.45) is 1.06. The predicted octanol–water partition coefficient (Wildman–Crippen LogP) is 0.889. The zero-order valence-corrected chi connectivity index (χ0v) is 12.2. The first kappa shape index (κ1) is 17.2. The van der Waals surface area contributed by atoms with Crippen LogP contribution >= 0.6 is 0 Å². The second-order valence-corrected chi connectivity index (χ2v) is 4.60. The number of nitrogens with two attached hydrogens (primary N) is 1. The molecule has 7 heteroatoms. The van der Waals surface area contributed by atoms with Crippen LogP contribution in [-0.4, -0.2) is 23.8 Å². The number of hydrogen-bond donors (Lipinski definition) is 2. The highest BCUT2D eigenvalue weighted by atomic mass is 16.5. The van der Waals surface area contributed by atoms with Crippen molar-refractivity contribution in [2.24, 2.45) is 5.73 Å². The highest BCUT2D eigenvalue weighted by Gasteiger charge is 2.18. The van der Waals surface area contributed by atoms with Crippen molar-refractivity contribution in [3.05, 3.63) is 29.8 Å². The lowest BCUT2D eigenvalue weighted by molar-refractivity contribution is -0.131. The Labute approximate surface area is 128 Å². The van der Waals surface area contributed by atoms with Gasteiger partial charge < -0.3 is 15.8 Å². The van der Waals surface area contributed by atoms with Crippen molar-refractivity contribution in [2.45, 2.75) is 32.2 Å². The third kappa shape index (κ3) is 5.63. The van der Waals surface area contributed by atoms with Gasteiger partial charge in [0.2, 0.25) is 5.91 Å². The summed E-state index contributed by atoms with van der Waals surface area (Å²) in [6.45, 7) is 1.28. The van der Waals surface area contributed by atoms with Gasteiger partial charge in [-0.2, -0.15) is 5.26 Å². The summed E-state index contributed by atoms with van der Waals surface area (Å²) in [5, 5.41) is 11.0. The van der Waals surface area contributed by atoms with E-state index in [0.29, 0.717) is 24.2 Å². The molecule has 0 aliphatic heterocycles. The van der Waals surface area contributed by atoms with Crippen LogP contribution in [0, 0.1) is 11.3 Å². The number of hydrogen-bond acceptors (Lipinski definition) is 5. The highest BCUT2D eigenvalue weighted by molar-refractivity contribution is 5.97. The fraction of sp³-hybridized carbons (Fsp3) is 0.333. The van der Waals surface area contributed by atoms with Gasteiger partial charge in [0.1, 0.15) is 11.8 Å². The average molecular weight is 303 g/mol. The van der Waals surface area contributed by atoms with Crippen LogP contribution in [0.3, 0.4) is 0 Å². The Balaban J connectivity index is 2.67. The van der Waals surface area contributed by atoms with Crippen LogP contribution in [0.1, 0.15) is 36.5 Å². The SMILES string of the molecule is CC(=O)Oc1ccc(C(=O)N[C@H](CCCC#N)C(N)=O)cc1. The summed E-state index contributed by atoms with van der Waals surface area (Å²) >= 11 is 0. The minimum atomic E-state index is -0.825. The quantitative estimate of drug-likeness (QED) is 0.440. The fourth-order valence-corrected chi connectivity index (χ4v) is 1.75. The minimum absolute atomic E-state index is 0.288. The minimum Gasteiger partial charge on any atom is -0.427 e. The largest absolute Gasteiger partial charge is 0.427 e. The van der Waals surface area contributed by atoms with Crippen LogP contribution in [0.15, 0.2) is 24.3 Å². The highest BCUT2D eigenvalue weighted by Crippen LogP contribution is 2.12. The molecule has 0 bridgehead atoms. The van der Waals surface area contributed by atoms with Crippen LogP contribution < -0.4 is 15.8 Å². The predicted molar refractivity (Wildman–Crippen MR) is 77.7 cm³/mol. The number of nitriles is 1. The Morgan fingerprint density at radius 3 is 2.45 bits per heavy atom. The molecule has 1 rings (SSSR count). The zero-order valence-electron chi connectivity index (χ0n) is 12.2. The molecule has 0 spiro atoms. The van der Waals surface area contributed by atoms with Crippen molar-refractivity contribution < 1.29 is 19.1 Å². The van der Waals surface area contributed by atoms with Gasteiger partial charge >= 0.3 is 5.97 Å². The normalized spacial score (nSPS) is 11.1. The number of carbonyl (C=O) groups excluding carboxylic acids is 3. The number of primary amides is 1. The van der Waals surface area contributed by atoms with Crippen molar-refractivity contribution in [1.29, 1.82) is 5.26 Å². The molecule has 22 heavy (non-hydrogen) atoms. The smallest absolute Gasteiger partial charge is 0.308 e. The first-order valence-electron chi connectivity index (χ1n) is 6.69. The second kappa shape index (κ2) is 8.42. The molecule has 0 aliphatic carbocycles. The Morgan fingerprint density at radius 2 is 1.95 bits per heavy atom. The van der Waals surface area contributed by atoms with Gasteiger partial charge in [0.15, 0.2) is 0 Å². The maximum Gasteiger partial charge on any atom is 0.308 e. The number of carbonyl (C=O) groups is 3. The molecule has 7 nitrogen and oxygen atoms in total. The fourth-order valence-electron chi connectivity index (χ4n) is 1.75. The van der Waals surface area contributed by atoms with Crippen LogP contribution in [-0.2, 0) is 9.59 Å². The van der Waals surface area contributed by atoms with E-state index in [1.807, 2.05) is 6.07 Å². The van der Waals surface area contributed by atoms with E-state index in [1.54, 1.807) is 0 Å². The van der Waals surface area contributed by atoms with E-state index >= 15 is 0 Å². The van der Waals surface area contributed by atoms with Crippen LogP contribution in [0.25, 0.3) is 0 Å². The maximum absolute atomic E-state index is 12.0. The first-order valence-corrected chi connectivity index (χ1v) is 6.69. The van der Waals surface area contributed by atoms with Gasteiger partial charge in [0.25, 0.3) is 5.91 Å². The molecule has 0 fully saturated rings. The number of nitrogens with one attached hydrogen (secondary N) is 1. The summed E-state index contributed by atoms with van der Waals surface area (Å²) in [5.74, 6) is -1.24. The van der Waals surface area contributed by atoms with Crippen molar-refractivity contribution in [1.82, 2.24) is 5.32 Å². The van der Waals surface area contributed by atoms with Gasteiger partial charge in [-0.25, -0.2) is 0 Å². The lowest BCUT2D eigenvalue weighted by atomic mass is 10.1. The topological polar surface area (TPSA) is 122 Å². The van der Waals surface area contributed by atoms with E-state index < -0.39 is 23.8 Å². The molecular weight excluding hydrogens is 286 g/mol. The average Bonchev–Trinajstić information content (AvgIpc) is 2.46. The van der Waals surface area contributed by atoms with E-state index in [4.69, 9.17) is 15.7 Å². The molecule has 0 radical (unpaired) electrons. The monoisotopic (exact) mass is 303 g/mol. The number of unbranched alkanes of at least 4 members (excludes halogenated alkanes) is 1. The standard InChI is InChI=1S/C15H17N3O4/c1-10(19)22-12-7-5-11(6-8-12)15(21)18-13(14(17)20)4-2-3-9-16/h5-8,13H,2-4H2,1H3,(H2,17,20)(H,18,21)/t13-/m1/s1. The van der Waals surface area contributed by atoms with Gasteiger partial charge in [0, 0.05) is 18.9 Å². The summed E-state index contributed by atoms with van der Waals surface area (Å²) in [5.41, 5.74) is 5.54. The third-order valence-corrected chi connectivity index (χ3v) is 2.81. The van der Waals surface area contributed by atoms with Crippen molar-refractivity contribution >= 4 is 17.8 Å². The van der Waals surface area contributed by atoms with E-state index in [0.717, 1.165) is 0 Å². The molecule has 2 amide bonds. The van der Waals surface area contributed by atoms with Gasteiger partial charge in [-0.3, -0.25) is 14.4 Å². The number of esters is 1. The van der Waals surface area contributed by atoms with Crippen molar-refractivity contribution in [3.8, 4) is 11.8 Å². The molecule has 0 saturated heterocycles. The molecule has 0 heterocycles. The molecular formula is C15H17N3O4. The molecule has 3 N–H and O–H groups in total. The van der Waals surface area contributed by atoms with Gasteiger partial charge in [-0.15, -0.1) is 0 Å². The molecule has 116 valence electrons. The number of ether oxygens (including phenoxy) is 1. The van der Waals surface area contributed by atoms with Gasteiger partial charge in [0.05, 0.1) is 6.07 Å². The molecule has 0 saturated carbocycles. The summed E-state index contributed by atoms with van der Waals surface area (Å²) in [4.78, 5) is 34.1. The number of nitrogens with zero attached hydrogens (tertiary/aromatic N) is 1. The summed E-state index contributed by atoms with van der Waals surface area (Å²) < 4.78 is 4.86. The zero-order chi connectivity index (χ0) is 16.5.